The van der Waals surface area contributed by atoms with E-state index in [1.807, 2.05) is 9.47 Å². The van der Waals surface area contributed by atoms with Crippen LogP contribution in [0.1, 0.15) is 0 Å². The Labute approximate surface area is 138 Å². The van der Waals surface area contributed by atoms with Gasteiger partial charge in [0.05, 0.1) is 12.5 Å². The standard InChI is InChI=1S/C10H4F14O3/c11-5(12,7(15,16)26-9(19,20)21)1-3-25-4-2-6(13,14)8(17,18)27-10(22,23)24/h1-4H. The summed E-state index contributed by atoms with van der Waals surface area (Å²) in [4.78, 5) is 0. The zero-order valence-corrected chi connectivity index (χ0v) is 11.8. The van der Waals surface area contributed by atoms with Gasteiger partial charge in [0.25, 0.3) is 0 Å². The second kappa shape index (κ2) is 7.69. The third-order valence-electron chi connectivity index (χ3n) is 1.98. The van der Waals surface area contributed by atoms with Gasteiger partial charge in [-0.3, -0.25) is 0 Å². The highest BCUT2D eigenvalue weighted by Gasteiger charge is 2.62. The molecule has 0 amide bonds. The van der Waals surface area contributed by atoms with Gasteiger partial charge < -0.3 is 4.74 Å². The van der Waals surface area contributed by atoms with Crippen LogP contribution in [0.5, 0.6) is 0 Å². The van der Waals surface area contributed by atoms with Gasteiger partial charge in [0.1, 0.15) is 0 Å². The average molecular weight is 438 g/mol. The lowest BCUT2D eigenvalue weighted by atomic mass is 10.3. The zero-order chi connectivity index (χ0) is 21.9. The molecule has 0 spiro atoms. The first-order valence-corrected chi connectivity index (χ1v) is 5.68. The Balaban J connectivity index is 5.03. The molecular weight excluding hydrogens is 434 g/mol. The molecule has 0 bridgehead atoms. The van der Waals surface area contributed by atoms with E-state index in [2.05, 4.69) is 4.74 Å². The Morgan fingerprint density at radius 1 is 0.444 bits per heavy atom. The molecule has 0 unspecified atom stereocenters. The summed E-state index contributed by atoms with van der Waals surface area (Å²) in [6.45, 7) is 0. The van der Waals surface area contributed by atoms with Gasteiger partial charge in [-0.2, -0.15) is 35.1 Å². The minimum Gasteiger partial charge on any atom is -0.473 e. The summed E-state index contributed by atoms with van der Waals surface area (Å²) in [6.07, 6.45) is -28.3. The maximum Gasteiger partial charge on any atom is 0.527 e. The molecule has 160 valence electrons. The topological polar surface area (TPSA) is 27.7 Å². The van der Waals surface area contributed by atoms with Crippen molar-refractivity contribution in [2.24, 2.45) is 0 Å². The predicted octanol–water partition coefficient (Wildman–Crippen LogP) is 5.56. The Kier molecular flexibility index (Phi) is 7.18. The van der Waals surface area contributed by atoms with Crippen molar-refractivity contribution >= 4 is 0 Å². The molecule has 0 radical (unpaired) electrons. The first-order valence-electron chi connectivity index (χ1n) is 5.68. The van der Waals surface area contributed by atoms with E-state index in [4.69, 9.17) is 0 Å². The molecular formula is C10H4F14O3. The summed E-state index contributed by atoms with van der Waals surface area (Å²) in [5, 5.41) is 0. The largest absolute Gasteiger partial charge is 0.527 e. The molecule has 0 fully saturated rings. The van der Waals surface area contributed by atoms with Gasteiger partial charge in [0, 0.05) is 12.2 Å². The number of hydrogen-bond acceptors (Lipinski definition) is 3. The second-order valence-electron chi connectivity index (χ2n) is 4.12. The second-order valence-corrected chi connectivity index (χ2v) is 4.12. The first-order chi connectivity index (χ1) is 11.6. The van der Waals surface area contributed by atoms with Crippen LogP contribution in [0.25, 0.3) is 0 Å². The van der Waals surface area contributed by atoms with E-state index < -0.39 is 61.5 Å². The molecule has 27 heavy (non-hydrogen) atoms. The van der Waals surface area contributed by atoms with E-state index in [1.54, 1.807) is 0 Å². The van der Waals surface area contributed by atoms with Crippen molar-refractivity contribution in [2.75, 3.05) is 0 Å². The fourth-order valence-corrected chi connectivity index (χ4v) is 0.916. The summed E-state index contributed by atoms with van der Waals surface area (Å²) in [5.74, 6) is -11.4. The van der Waals surface area contributed by atoms with E-state index >= 15 is 0 Å². The molecule has 0 heterocycles. The number of alkyl halides is 14. The van der Waals surface area contributed by atoms with E-state index in [1.165, 1.54) is 0 Å². The summed E-state index contributed by atoms with van der Waals surface area (Å²) >= 11 is 0. The quantitative estimate of drug-likeness (QED) is 0.367. The molecule has 0 aromatic rings. The normalized spacial score (nSPS) is 15.8. The number of halogens is 14. The van der Waals surface area contributed by atoms with Crippen LogP contribution in [0.3, 0.4) is 0 Å². The van der Waals surface area contributed by atoms with Crippen LogP contribution in [-0.2, 0) is 14.2 Å². The molecule has 0 aliphatic rings. The fourth-order valence-electron chi connectivity index (χ4n) is 0.916. The lowest BCUT2D eigenvalue weighted by molar-refractivity contribution is -0.459. The van der Waals surface area contributed by atoms with Crippen LogP contribution >= 0.6 is 0 Å². The third-order valence-corrected chi connectivity index (χ3v) is 1.98. The Morgan fingerprint density at radius 2 is 0.704 bits per heavy atom. The van der Waals surface area contributed by atoms with Crippen LogP contribution in [0, 0.1) is 0 Å². The number of hydrogen-bond donors (Lipinski definition) is 0. The molecule has 0 aromatic heterocycles. The van der Waals surface area contributed by atoms with Gasteiger partial charge >= 0.3 is 36.8 Å². The van der Waals surface area contributed by atoms with Crippen LogP contribution in [0.2, 0.25) is 0 Å². The maximum absolute atomic E-state index is 12.8. The van der Waals surface area contributed by atoms with Crippen LogP contribution in [-0.4, -0.2) is 36.8 Å². The lowest BCUT2D eigenvalue weighted by Crippen LogP contribution is -2.45. The Hall–Kier alpha value is -1.78. The molecule has 0 aromatic carbocycles. The van der Waals surface area contributed by atoms with Crippen molar-refractivity contribution in [3.63, 3.8) is 0 Å². The molecule has 0 N–H and O–H groups in total. The molecule has 0 saturated carbocycles. The van der Waals surface area contributed by atoms with Gasteiger partial charge in [-0.05, 0) is 0 Å². The van der Waals surface area contributed by atoms with Crippen LogP contribution in [0.15, 0.2) is 24.7 Å². The van der Waals surface area contributed by atoms with Gasteiger partial charge in [-0.15, -0.1) is 26.3 Å². The highest BCUT2D eigenvalue weighted by Crippen LogP contribution is 2.42. The minimum absolute atomic E-state index is 0.650. The monoisotopic (exact) mass is 438 g/mol. The highest BCUT2D eigenvalue weighted by molar-refractivity contribution is 5.00. The van der Waals surface area contributed by atoms with Crippen molar-refractivity contribution < 1.29 is 75.7 Å². The molecule has 3 nitrogen and oxygen atoms in total. The number of ether oxygens (including phenoxy) is 3. The summed E-state index contributed by atoms with van der Waals surface area (Å²) < 4.78 is 178. The zero-order valence-electron chi connectivity index (χ0n) is 11.8. The fraction of sp³-hybridized carbons (Fsp3) is 0.600. The molecule has 0 atom stereocenters. The van der Waals surface area contributed by atoms with Crippen molar-refractivity contribution in [2.45, 2.75) is 36.8 Å². The van der Waals surface area contributed by atoms with E-state index in [-0.39, 0.29) is 0 Å². The molecule has 0 aliphatic heterocycles. The van der Waals surface area contributed by atoms with Crippen molar-refractivity contribution in [1.29, 1.82) is 0 Å². The highest BCUT2D eigenvalue weighted by atomic mass is 19.4. The summed E-state index contributed by atoms with van der Waals surface area (Å²) in [6, 6.07) is 0. The summed E-state index contributed by atoms with van der Waals surface area (Å²) in [7, 11) is 0. The molecule has 0 rings (SSSR count). The van der Waals surface area contributed by atoms with Crippen LogP contribution < -0.4 is 0 Å². The van der Waals surface area contributed by atoms with E-state index in [0.29, 0.717) is 0 Å². The predicted molar refractivity (Wildman–Crippen MR) is 53.4 cm³/mol. The third kappa shape index (κ3) is 8.19. The summed E-state index contributed by atoms with van der Waals surface area (Å²) in [5.41, 5.74) is 0. The van der Waals surface area contributed by atoms with Crippen molar-refractivity contribution in [3.8, 4) is 0 Å². The molecule has 17 heteroatoms. The van der Waals surface area contributed by atoms with E-state index in [0.717, 1.165) is 0 Å². The molecule has 0 aliphatic carbocycles. The Morgan fingerprint density at radius 3 is 0.926 bits per heavy atom. The van der Waals surface area contributed by atoms with Gasteiger partial charge in [-0.25, -0.2) is 9.47 Å². The van der Waals surface area contributed by atoms with Crippen molar-refractivity contribution in [3.05, 3.63) is 24.7 Å². The van der Waals surface area contributed by atoms with Gasteiger partial charge in [-0.1, -0.05) is 0 Å². The SMILES string of the molecule is FC(F)(F)OC(F)(F)C(F)(F)C=COC=CC(F)(F)C(F)(F)OC(F)(F)F. The van der Waals surface area contributed by atoms with Crippen molar-refractivity contribution in [1.82, 2.24) is 0 Å². The Bertz CT molecular complexity index is 496. The van der Waals surface area contributed by atoms with Crippen LogP contribution in [0.4, 0.5) is 61.5 Å². The molecule has 0 saturated heterocycles. The van der Waals surface area contributed by atoms with Gasteiger partial charge in [0.2, 0.25) is 0 Å². The number of rotatable bonds is 8. The minimum atomic E-state index is -6.20. The first kappa shape index (κ1) is 25.2. The average Bonchev–Trinajstić information content (AvgIpc) is 2.31. The maximum atomic E-state index is 12.8. The smallest absolute Gasteiger partial charge is 0.473 e. The lowest BCUT2D eigenvalue weighted by Gasteiger charge is -2.24. The van der Waals surface area contributed by atoms with Gasteiger partial charge in [0.15, 0.2) is 0 Å². The van der Waals surface area contributed by atoms with E-state index in [9.17, 15) is 61.5 Å².